The summed E-state index contributed by atoms with van der Waals surface area (Å²) in [7, 11) is 0. The van der Waals surface area contributed by atoms with Crippen molar-refractivity contribution in [3.8, 4) is 0 Å². The van der Waals surface area contributed by atoms with E-state index in [1.54, 1.807) is 0 Å². The smallest absolute Gasteiger partial charge is 0.223 e. The Labute approximate surface area is 91.4 Å². The van der Waals surface area contributed by atoms with Crippen molar-refractivity contribution in [2.24, 2.45) is 22.3 Å². The van der Waals surface area contributed by atoms with Crippen LogP contribution in [0.15, 0.2) is 0 Å². The zero-order valence-corrected chi connectivity index (χ0v) is 10.1. The predicted molar refractivity (Wildman–Crippen MR) is 59.8 cm³/mol. The zero-order valence-electron chi connectivity index (χ0n) is 10.1. The summed E-state index contributed by atoms with van der Waals surface area (Å²) >= 11 is 0. The average Bonchev–Trinajstić information content (AvgIpc) is 2.02. The molecular weight excluding hydrogens is 192 g/mol. The van der Waals surface area contributed by atoms with Crippen LogP contribution in [0.5, 0.6) is 0 Å². The van der Waals surface area contributed by atoms with Crippen molar-refractivity contribution in [1.82, 2.24) is 0 Å². The Morgan fingerprint density at radius 1 is 1.07 bits per heavy atom. The van der Waals surface area contributed by atoms with Gasteiger partial charge in [0.05, 0.1) is 0 Å². The molecule has 0 bridgehead atoms. The molecule has 0 aliphatic rings. The van der Waals surface area contributed by atoms with Gasteiger partial charge < -0.3 is 11.5 Å². The van der Waals surface area contributed by atoms with Gasteiger partial charge in [-0.25, -0.2) is 0 Å². The first-order chi connectivity index (χ1) is 6.61. The maximum absolute atomic E-state index is 11.3. The molecule has 0 aromatic rings. The second-order valence-corrected chi connectivity index (χ2v) is 5.19. The molecule has 88 valence electrons. The van der Waals surface area contributed by atoms with Gasteiger partial charge in [-0.3, -0.25) is 9.59 Å². The van der Waals surface area contributed by atoms with E-state index >= 15 is 0 Å². The first kappa shape index (κ1) is 13.9. The van der Waals surface area contributed by atoms with Crippen molar-refractivity contribution >= 4 is 11.8 Å². The van der Waals surface area contributed by atoms with Crippen LogP contribution in [0.3, 0.4) is 0 Å². The van der Waals surface area contributed by atoms with Crippen LogP contribution >= 0.6 is 0 Å². The molecule has 0 saturated heterocycles. The van der Waals surface area contributed by atoms with E-state index in [4.69, 9.17) is 11.5 Å². The van der Waals surface area contributed by atoms with Gasteiger partial charge in [0.1, 0.15) is 0 Å². The summed E-state index contributed by atoms with van der Waals surface area (Å²) in [5.74, 6) is -0.616. The molecule has 2 amide bonds. The first-order valence-electron chi connectivity index (χ1n) is 5.19. The highest BCUT2D eigenvalue weighted by Gasteiger charge is 2.41. The van der Waals surface area contributed by atoms with Gasteiger partial charge in [-0.15, -0.1) is 0 Å². The highest BCUT2D eigenvalue weighted by atomic mass is 16.1. The highest BCUT2D eigenvalue weighted by molar-refractivity contribution is 5.80. The third kappa shape index (κ3) is 3.53. The van der Waals surface area contributed by atoms with Gasteiger partial charge in [0, 0.05) is 11.8 Å². The number of carbonyl (C=O) groups excluding carboxylic acids is 2. The Kier molecular flexibility index (Phi) is 4.31. The fourth-order valence-electron chi connectivity index (χ4n) is 1.35. The molecule has 0 aliphatic heterocycles. The molecule has 15 heavy (non-hydrogen) atoms. The van der Waals surface area contributed by atoms with E-state index in [1.807, 2.05) is 27.7 Å². The van der Waals surface area contributed by atoms with Gasteiger partial charge in [-0.05, 0) is 18.3 Å². The van der Waals surface area contributed by atoms with Crippen molar-refractivity contribution in [2.75, 3.05) is 0 Å². The number of amides is 2. The Morgan fingerprint density at radius 3 is 1.87 bits per heavy atom. The lowest BCUT2D eigenvalue weighted by Crippen LogP contribution is -2.43. The number of primary amides is 2. The normalized spacial score (nSPS) is 12.5. The Bertz CT molecular complexity index is 257. The molecule has 0 rings (SSSR count). The van der Waals surface area contributed by atoms with Crippen LogP contribution in [0.2, 0.25) is 0 Å². The number of hydrogen-bond acceptors (Lipinski definition) is 2. The van der Waals surface area contributed by atoms with E-state index in [2.05, 4.69) is 0 Å². The number of nitrogens with two attached hydrogens (primary N) is 2. The quantitative estimate of drug-likeness (QED) is 0.695. The lowest BCUT2D eigenvalue weighted by molar-refractivity contribution is -0.132. The van der Waals surface area contributed by atoms with E-state index in [-0.39, 0.29) is 17.2 Å². The van der Waals surface area contributed by atoms with E-state index in [9.17, 15) is 9.59 Å². The molecule has 0 radical (unpaired) electrons. The predicted octanol–water partition coefficient (Wildman–Crippen LogP) is 1.18. The molecule has 4 nitrogen and oxygen atoms in total. The van der Waals surface area contributed by atoms with Crippen LogP contribution in [0, 0.1) is 10.8 Å². The minimum Gasteiger partial charge on any atom is -0.370 e. The molecule has 4 N–H and O–H groups in total. The largest absolute Gasteiger partial charge is 0.370 e. The summed E-state index contributed by atoms with van der Waals surface area (Å²) in [6.45, 7) is 7.64. The van der Waals surface area contributed by atoms with Gasteiger partial charge in [-0.2, -0.15) is 0 Å². The molecule has 0 unspecified atom stereocenters. The van der Waals surface area contributed by atoms with Crippen molar-refractivity contribution in [3.63, 3.8) is 0 Å². The summed E-state index contributed by atoms with van der Waals surface area (Å²) in [5.41, 5.74) is 9.61. The minimum absolute atomic E-state index is 0.228. The second-order valence-electron chi connectivity index (χ2n) is 5.19. The van der Waals surface area contributed by atoms with E-state index in [0.717, 1.165) is 6.42 Å². The lowest BCUT2D eigenvalue weighted by Gasteiger charge is -2.39. The first-order valence-corrected chi connectivity index (χ1v) is 5.19. The number of rotatable bonds is 6. The van der Waals surface area contributed by atoms with E-state index in [1.165, 1.54) is 0 Å². The van der Waals surface area contributed by atoms with Gasteiger partial charge in [0.2, 0.25) is 11.8 Å². The molecule has 4 heteroatoms. The fourth-order valence-corrected chi connectivity index (χ4v) is 1.35. The van der Waals surface area contributed by atoms with Crippen LogP contribution in [-0.4, -0.2) is 11.8 Å². The van der Waals surface area contributed by atoms with Crippen molar-refractivity contribution in [3.05, 3.63) is 0 Å². The molecule has 0 aliphatic carbocycles. The van der Waals surface area contributed by atoms with Gasteiger partial charge >= 0.3 is 0 Å². The standard InChI is InChI=1S/C11H22N2O2/c1-10(2,7-5-6-8(12)14)11(3,4)9(13)15/h5-7H2,1-4H3,(H2,12,14)(H2,13,15). The van der Waals surface area contributed by atoms with Crippen LogP contribution in [0.1, 0.15) is 47.0 Å². The Balaban J connectivity index is 4.41. The average molecular weight is 214 g/mol. The third-order valence-electron chi connectivity index (χ3n) is 3.53. The molecule has 0 saturated carbocycles. The molecule has 0 atom stereocenters. The summed E-state index contributed by atoms with van der Waals surface area (Å²) in [6, 6.07) is 0. The van der Waals surface area contributed by atoms with Gasteiger partial charge in [0.15, 0.2) is 0 Å². The van der Waals surface area contributed by atoms with Crippen LogP contribution in [-0.2, 0) is 9.59 Å². The third-order valence-corrected chi connectivity index (χ3v) is 3.53. The Morgan fingerprint density at radius 2 is 1.53 bits per heavy atom. The fraction of sp³-hybridized carbons (Fsp3) is 0.818. The van der Waals surface area contributed by atoms with Crippen LogP contribution in [0.4, 0.5) is 0 Å². The summed E-state index contributed by atoms with van der Waals surface area (Å²) in [4.78, 5) is 21.9. The SMILES string of the molecule is CC(C)(CCCC(N)=O)C(C)(C)C(N)=O. The van der Waals surface area contributed by atoms with Crippen molar-refractivity contribution < 1.29 is 9.59 Å². The van der Waals surface area contributed by atoms with Gasteiger partial charge in [0.25, 0.3) is 0 Å². The monoisotopic (exact) mass is 214 g/mol. The summed E-state index contributed by atoms with van der Waals surface area (Å²) in [6.07, 6.45) is 1.81. The van der Waals surface area contributed by atoms with Crippen LogP contribution in [0.25, 0.3) is 0 Å². The number of carbonyl (C=O) groups is 2. The Hall–Kier alpha value is -1.06. The lowest BCUT2D eigenvalue weighted by atomic mass is 9.65. The number of hydrogen-bond donors (Lipinski definition) is 2. The van der Waals surface area contributed by atoms with Crippen LogP contribution < -0.4 is 11.5 Å². The molecular formula is C11H22N2O2. The minimum atomic E-state index is -0.579. The molecule has 0 aromatic carbocycles. The highest BCUT2D eigenvalue weighted by Crippen LogP contribution is 2.42. The molecule has 0 aromatic heterocycles. The zero-order chi connectivity index (χ0) is 12.3. The maximum Gasteiger partial charge on any atom is 0.223 e. The maximum atomic E-state index is 11.3. The molecule has 0 spiro atoms. The topological polar surface area (TPSA) is 86.2 Å². The molecule has 0 heterocycles. The van der Waals surface area contributed by atoms with E-state index < -0.39 is 5.41 Å². The molecule has 0 fully saturated rings. The second kappa shape index (κ2) is 4.64. The van der Waals surface area contributed by atoms with Gasteiger partial charge in [-0.1, -0.05) is 27.7 Å². The van der Waals surface area contributed by atoms with Crippen molar-refractivity contribution in [2.45, 2.75) is 47.0 Å². The summed E-state index contributed by atoms with van der Waals surface area (Å²) < 4.78 is 0. The summed E-state index contributed by atoms with van der Waals surface area (Å²) in [5, 5.41) is 0. The van der Waals surface area contributed by atoms with Crippen molar-refractivity contribution in [1.29, 1.82) is 0 Å². The van der Waals surface area contributed by atoms with E-state index in [0.29, 0.717) is 12.8 Å².